The first-order chi connectivity index (χ1) is 15.2. The molecule has 162 valence electrons. The number of nitriles is 1. The lowest BCUT2D eigenvalue weighted by atomic mass is 10.1. The topological polar surface area (TPSA) is 84.1 Å². The second kappa shape index (κ2) is 9.67. The molecule has 0 saturated heterocycles. The maximum atomic E-state index is 12.6. The van der Waals surface area contributed by atoms with Crippen LogP contribution in [-0.4, -0.2) is 23.6 Å². The van der Waals surface area contributed by atoms with Crippen LogP contribution in [0.25, 0.3) is 11.8 Å². The Morgan fingerprint density at radius 3 is 2.41 bits per heavy atom. The van der Waals surface area contributed by atoms with E-state index in [4.69, 9.17) is 4.74 Å². The minimum atomic E-state index is -0.483. The molecule has 0 bridgehead atoms. The van der Waals surface area contributed by atoms with Gasteiger partial charge in [0, 0.05) is 27.2 Å². The van der Waals surface area contributed by atoms with Crippen molar-refractivity contribution in [2.75, 3.05) is 12.4 Å². The number of nitrogens with one attached hydrogen (secondary N) is 1. The average molecular weight is 492 g/mol. The van der Waals surface area contributed by atoms with Crippen LogP contribution in [0.1, 0.15) is 32.9 Å². The zero-order valence-corrected chi connectivity index (χ0v) is 19.8. The Morgan fingerprint density at radius 1 is 1.09 bits per heavy atom. The predicted molar refractivity (Wildman–Crippen MR) is 128 cm³/mol. The third kappa shape index (κ3) is 4.82. The number of benzene rings is 2. The number of carbonyl (C=O) groups is 2. The van der Waals surface area contributed by atoms with Gasteiger partial charge in [-0.2, -0.15) is 5.26 Å². The van der Waals surface area contributed by atoms with Crippen LogP contribution >= 0.6 is 15.9 Å². The Morgan fingerprint density at radius 2 is 1.78 bits per heavy atom. The number of rotatable bonds is 5. The van der Waals surface area contributed by atoms with Crippen LogP contribution in [0.5, 0.6) is 0 Å². The number of ether oxygens (including phenoxy) is 1. The van der Waals surface area contributed by atoms with Gasteiger partial charge in [-0.15, -0.1) is 0 Å². The number of amides is 1. The molecule has 1 N–H and O–H groups in total. The highest BCUT2D eigenvalue weighted by atomic mass is 79.9. The maximum Gasteiger partial charge on any atom is 0.337 e. The number of hydrogen-bond donors (Lipinski definition) is 1. The molecule has 3 rings (SSSR count). The number of halogens is 1. The number of methoxy groups -OCH3 is 1. The van der Waals surface area contributed by atoms with Crippen molar-refractivity contribution in [1.29, 1.82) is 5.26 Å². The number of hydrogen-bond acceptors (Lipinski definition) is 4. The van der Waals surface area contributed by atoms with Crippen molar-refractivity contribution >= 4 is 39.6 Å². The van der Waals surface area contributed by atoms with Crippen molar-refractivity contribution in [3.8, 4) is 11.8 Å². The molecule has 0 radical (unpaired) electrons. The molecule has 0 unspecified atom stereocenters. The van der Waals surface area contributed by atoms with E-state index in [9.17, 15) is 14.9 Å². The third-order valence-electron chi connectivity index (χ3n) is 5.11. The number of anilines is 1. The lowest BCUT2D eigenvalue weighted by Gasteiger charge is -2.14. The fourth-order valence-electron chi connectivity index (χ4n) is 3.44. The van der Waals surface area contributed by atoms with Crippen LogP contribution in [0.2, 0.25) is 0 Å². The summed E-state index contributed by atoms with van der Waals surface area (Å²) in [5.74, 6) is -0.895. The van der Waals surface area contributed by atoms with Gasteiger partial charge >= 0.3 is 5.97 Å². The zero-order valence-electron chi connectivity index (χ0n) is 18.2. The molecule has 0 atom stereocenters. The summed E-state index contributed by atoms with van der Waals surface area (Å²) in [6.45, 7) is 5.80. The second-order valence-corrected chi connectivity index (χ2v) is 8.20. The zero-order chi connectivity index (χ0) is 23.4. The van der Waals surface area contributed by atoms with E-state index in [1.807, 2.05) is 55.7 Å². The molecule has 2 aromatic carbocycles. The number of aryl methyl sites for hydroxylation is 2. The molecule has 32 heavy (non-hydrogen) atoms. The molecular weight excluding hydrogens is 470 g/mol. The Bertz CT molecular complexity index is 1260. The molecule has 1 aromatic heterocycles. The van der Waals surface area contributed by atoms with E-state index in [1.165, 1.54) is 7.11 Å². The van der Waals surface area contributed by atoms with Crippen LogP contribution in [0, 0.1) is 32.1 Å². The Balaban J connectivity index is 1.98. The van der Waals surface area contributed by atoms with Crippen LogP contribution < -0.4 is 5.32 Å². The van der Waals surface area contributed by atoms with Gasteiger partial charge in [0.2, 0.25) is 0 Å². The summed E-state index contributed by atoms with van der Waals surface area (Å²) in [5, 5.41) is 12.3. The number of esters is 1. The lowest BCUT2D eigenvalue weighted by molar-refractivity contribution is -0.112. The van der Waals surface area contributed by atoms with Crippen molar-refractivity contribution < 1.29 is 14.3 Å². The number of nitrogens with zero attached hydrogens (tertiary/aromatic N) is 2. The molecule has 1 amide bonds. The van der Waals surface area contributed by atoms with Crippen LogP contribution in [0.15, 0.2) is 58.6 Å². The Labute approximate surface area is 195 Å². The van der Waals surface area contributed by atoms with Gasteiger partial charge in [-0.1, -0.05) is 22.0 Å². The minimum absolute atomic E-state index is 0.00629. The molecule has 0 fully saturated rings. The number of aromatic nitrogens is 1. The van der Waals surface area contributed by atoms with Gasteiger partial charge in [-0.25, -0.2) is 4.79 Å². The first-order valence-electron chi connectivity index (χ1n) is 9.82. The van der Waals surface area contributed by atoms with Gasteiger partial charge in [-0.3, -0.25) is 4.79 Å². The van der Waals surface area contributed by atoms with Gasteiger partial charge in [0.1, 0.15) is 11.6 Å². The summed E-state index contributed by atoms with van der Waals surface area (Å²) >= 11 is 3.35. The molecule has 3 aromatic rings. The van der Waals surface area contributed by atoms with Crippen molar-refractivity contribution in [2.24, 2.45) is 0 Å². The van der Waals surface area contributed by atoms with Crippen LogP contribution in [-0.2, 0) is 9.53 Å². The molecule has 0 aliphatic carbocycles. The first kappa shape index (κ1) is 23.0. The van der Waals surface area contributed by atoms with Gasteiger partial charge in [-0.05, 0) is 80.4 Å². The van der Waals surface area contributed by atoms with Crippen molar-refractivity contribution in [3.63, 3.8) is 0 Å². The first-order valence-corrected chi connectivity index (χ1v) is 10.6. The average Bonchev–Trinajstić information content (AvgIpc) is 3.06. The summed E-state index contributed by atoms with van der Waals surface area (Å²) in [5.41, 5.74) is 5.34. The quantitative estimate of drug-likeness (QED) is 0.290. The summed E-state index contributed by atoms with van der Waals surface area (Å²) in [7, 11) is 1.35. The van der Waals surface area contributed by atoms with E-state index in [0.29, 0.717) is 11.3 Å². The standard InChI is InChI=1S/C25H22BrN3O3/c1-15-5-6-18(25(31)32-4)13-23(15)29-16(2)11-19(17(29)3)12-20(14-27)24(30)28-22-9-7-21(26)8-10-22/h5-13H,1-4H3,(H,28,30)/b20-12-. The van der Waals surface area contributed by atoms with Crippen LogP contribution in [0.3, 0.4) is 0 Å². The predicted octanol–water partition coefficient (Wildman–Crippen LogP) is 5.50. The van der Waals surface area contributed by atoms with E-state index in [1.54, 1.807) is 30.3 Å². The smallest absolute Gasteiger partial charge is 0.337 e. The molecular formula is C25H22BrN3O3. The van der Waals surface area contributed by atoms with Gasteiger partial charge in [0.15, 0.2) is 0 Å². The minimum Gasteiger partial charge on any atom is -0.465 e. The number of carbonyl (C=O) groups excluding carboxylic acids is 2. The molecule has 0 spiro atoms. The maximum absolute atomic E-state index is 12.6. The molecule has 6 nitrogen and oxygen atoms in total. The largest absolute Gasteiger partial charge is 0.465 e. The van der Waals surface area contributed by atoms with E-state index in [-0.39, 0.29) is 5.57 Å². The lowest BCUT2D eigenvalue weighted by Crippen LogP contribution is -2.13. The van der Waals surface area contributed by atoms with Crippen molar-refractivity contribution in [3.05, 3.63) is 86.7 Å². The summed E-state index contributed by atoms with van der Waals surface area (Å²) in [4.78, 5) is 24.6. The molecule has 0 aliphatic rings. The highest BCUT2D eigenvalue weighted by molar-refractivity contribution is 9.10. The fourth-order valence-corrected chi connectivity index (χ4v) is 3.70. The van der Waals surface area contributed by atoms with Crippen molar-refractivity contribution in [2.45, 2.75) is 20.8 Å². The van der Waals surface area contributed by atoms with E-state index in [2.05, 4.69) is 21.2 Å². The van der Waals surface area contributed by atoms with Gasteiger partial charge < -0.3 is 14.6 Å². The highest BCUT2D eigenvalue weighted by Crippen LogP contribution is 2.26. The Kier molecular flexibility index (Phi) is 6.96. The molecule has 0 aliphatic heterocycles. The van der Waals surface area contributed by atoms with Gasteiger partial charge in [0.05, 0.1) is 12.7 Å². The Hall–Kier alpha value is -3.63. The molecule has 7 heteroatoms. The van der Waals surface area contributed by atoms with Crippen LogP contribution in [0.4, 0.5) is 5.69 Å². The third-order valence-corrected chi connectivity index (χ3v) is 5.64. The van der Waals surface area contributed by atoms with Crippen molar-refractivity contribution in [1.82, 2.24) is 4.57 Å². The van der Waals surface area contributed by atoms with E-state index >= 15 is 0 Å². The summed E-state index contributed by atoms with van der Waals surface area (Å²) in [6.07, 6.45) is 1.58. The summed E-state index contributed by atoms with van der Waals surface area (Å²) < 4.78 is 7.73. The van der Waals surface area contributed by atoms with E-state index in [0.717, 1.165) is 32.7 Å². The monoisotopic (exact) mass is 491 g/mol. The summed E-state index contributed by atoms with van der Waals surface area (Å²) in [6, 6.07) is 16.4. The second-order valence-electron chi connectivity index (χ2n) is 7.29. The molecule has 0 saturated carbocycles. The highest BCUT2D eigenvalue weighted by Gasteiger charge is 2.16. The van der Waals surface area contributed by atoms with E-state index < -0.39 is 11.9 Å². The fraction of sp³-hybridized carbons (Fsp3) is 0.160. The molecule has 1 heterocycles. The van der Waals surface area contributed by atoms with Gasteiger partial charge in [0.25, 0.3) is 5.91 Å². The normalized spacial score (nSPS) is 11.1. The SMILES string of the molecule is COC(=O)c1ccc(C)c(-n2c(C)cc(/C=C(/C#N)C(=O)Nc3ccc(Br)cc3)c2C)c1.